The first-order valence-corrected chi connectivity index (χ1v) is 18.4. The standard InChI is InChI=1S/C37H43N3O5S2/c1-5-28(3)38-37(42)35(25-29-13-9-7-10-14-29)39(26-30-15-11-8-12-16-30)36(41)27-40(31-17-19-32(20-18-31)45-6-2)47(43,44)34-23-21-33(46-4)22-24-34/h7-24,28,35H,5-6,25-27H2,1-4H3,(H,38,42)/t28-,35+/m0/s1. The molecule has 8 nitrogen and oxygen atoms in total. The SMILES string of the molecule is CCOc1ccc(N(CC(=O)N(Cc2ccccc2)[C@H](Cc2ccccc2)C(=O)N[C@@H](C)CC)S(=O)(=O)c2ccc(SC)cc2)cc1. The lowest BCUT2D eigenvalue weighted by molar-refractivity contribution is -0.140. The van der Waals surface area contributed by atoms with Gasteiger partial charge in [0.1, 0.15) is 18.3 Å². The van der Waals surface area contributed by atoms with Gasteiger partial charge in [-0.2, -0.15) is 0 Å². The van der Waals surface area contributed by atoms with E-state index in [2.05, 4.69) is 5.32 Å². The highest BCUT2D eigenvalue weighted by atomic mass is 32.2. The fourth-order valence-electron chi connectivity index (χ4n) is 5.05. The number of hydrogen-bond donors (Lipinski definition) is 1. The van der Waals surface area contributed by atoms with Crippen LogP contribution >= 0.6 is 11.8 Å². The molecule has 0 unspecified atom stereocenters. The number of thioether (sulfide) groups is 1. The molecular weight excluding hydrogens is 631 g/mol. The van der Waals surface area contributed by atoms with Crippen molar-refractivity contribution in [3.05, 3.63) is 120 Å². The van der Waals surface area contributed by atoms with Crippen LogP contribution in [0.15, 0.2) is 119 Å². The zero-order chi connectivity index (χ0) is 33.8. The van der Waals surface area contributed by atoms with Gasteiger partial charge in [0.15, 0.2) is 0 Å². The molecule has 248 valence electrons. The molecule has 4 aromatic carbocycles. The maximum absolute atomic E-state index is 14.6. The first-order chi connectivity index (χ1) is 22.7. The third-order valence-electron chi connectivity index (χ3n) is 7.83. The van der Waals surface area contributed by atoms with Gasteiger partial charge in [-0.3, -0.25) is 13.9 Å². The molecule has 1 N–H and O–H groups in total. The van der Waals surface area contributed by atoms with Crippen LogP contribution in [0.1, 0.15) is 38.3 Å². The van der Waals surface area contributed by atoms with E-state index >= 15 is 0 Å². The molecule has 0 bridgehead atoms. The van der Waals surface area contributed by atoms with Crippen LogP contribution in [-0.2, 0) is 32.6 Å². The van der Waals surface area contributed by atoms with E-state index in [9.17, 15) is 18.0 Å². The lowest BCUT2D eigenvalue weighted by Crippen LogP contribution is -2.54. The molecule has 0 aromatic heterocycles. The largest absolute Gasteiger partial charge is 0.494 e. The predicted molar refractivity (Wildman–Crippen MR) is 189 cm³/mol. The van der Waals surface area contributed by atoms with Crippen LogP contribution in [-0.4, -0.2) is 56.6 Å². The highest BCUT2D eigenvalue weighted by Crippen LogP contribution is 2.28. The molecule has 0 saturated heterocycles. The average Bonchev–Trinajstić information content (AvgIpc) is 3.10. The van der Waals surface area contributed by atoms with E-state index in [4.69, 9.17) is 4.74 Å². The minimum absolute atomic E-state index is 0.0574. The first-order valence-electron chi connectivity index (χ1n) is 15.7. The Morgan fingerprint density at radius 1 is 0.830 bits per heavy atom. The highest BCUT2D eigenvalue weighted by molar-refractivity contribution is 7.98. The Morgan fingerprint density at radius 3 is 1.98 bits per heavy atom. The Kier molecular flexibility index (Phi) is 12.9. The lowest BCUT2D eigenvalue weighted by atomic mass is 10.0. The molecule has 0 radical (unpaired) electrons. The van der Waals surface area contributed by atoms with Crippen molar-refractivity contribution >= 4 is 39.3 Å². The molecule has 4 rings (SSSR count). The van der Waals surface area contributed by atoms with Gasteiger partial charge in [0, 0.05) is 23.9 Å². The van der Waals surface area contributed by atoms with Gasteiger partial charge in [0.2, 0.25) is 11.8 Å². The summed E-state index contributed by atoms with van der Waals surface area (Å²) in [5.74, 6) is -0.220. The maximum Gasteiger partial charge on any atom is 0.264 e. The van der Waals surface area contributed by atoms with Crippen LogP contribution in [0.2, 0.25) is 0 Å². The third kappa shape index (κ3) is 9.62. The average molecular weight is 674 g/mol. The maximum atomic E-state index is 14.6. The van der Waals surface area contributed by atoms with E-state index in [0.29, 0.717) is 18.0 Å². The Labute approximate surface area is 283 Å². The summed E-state index contributed by atoms with van der Waals surface area (Å²) in [7, 11) is -4.20. The Hall–Kier alpha value is -4.28. The molecule has 0 aliphatic heterocycles. The van der Waals surface area contributed by atoms with Crippen LogP contribution in [0.3, 0.4) is 0 Å². The quantitative estimate of drug-likeness (QED) is 0.136. The number of ether oxygens (including phenoxy) is 1. The smallest absolute Gasteiger partial charge is 0.264 e. The second-order valence-corrected chi connectivity index (χ2v) is 13.9. The van der Waals surface area contributed by atoms with Crippen molar-refractivity contribution in [1.29, 1.82) is 0 Å². The van der Waals surface area contributed by atoms with Crippen LogP contribution in [0.25, 0.3) is 0 Å². The summed E-state index contributed by atoms with van der Waals surface area (Å²) in [5, 5.41) is 3.06. The zero-order valence-corrected chi connectivity index (χ0v) is 29.0. The minimum atomic E-state index is -4.20. The number of rotatable bonds is 16. The van der Waals surface area contributed by atoms with E-state index in [1.807, 2.05) is 87.7 Å². The fourth-order valence-corrected chi connectivity index (χ4v) is 6.88. The van der Waals surface area contributed by atoms with Gasteiger partial charge in [-0.15, -0.1) is 11.8 Å². The molecule has 4 aromatic rings. The summed E-state index contributed by atoms with van der Waals surface area (Å²) >= 11 is 1.51. The monoisotopic (exact) mass is 673 g/mol. The summed E-state index contributed by atoms with van der Waals surface area (Å²) in [4.78, 5) is 31.0. The minimum Gasteiger partial charge on any atom is -0.494 e. The van der Waals surface area contributed by atoms with Gasteiger partial charge in [0.05, 0.1) is 17.2 Å². The number of anilines is 1. The van der Waals surface area contributed by atoms with Crippen LogP contribution in [0.4, 0.5) is 5.69 Å². The second-order valence-electron chi connectivity index (χ2n) is 11.1. The third-order valence-corrected chi connectivity index (χ3v) is 10.4. The van der Waals surface area contributed by atoms with Crippen LogP contribution in [0.5, 0.6) is 5.75 Å². The van der Waals surface area contributed by atoms with Crippen LogP contribution in [0, 0.1) is 0 Å². The molecule has 0 spiro atoms. The first kappa shape index (κ1) is 35.6. The van der Waals surface area contributed by atoms with E-state index in [0.717, 1.165) is 26.7 Å². The van der Waals surface area contributed by atoms with E-state index in [1.54, 1.807) is 48.5 Å². The molecule has 0 fully saturated rings. The highest BCUT2D eigenvalue weighted by Gasteiger charge is 2.35. The molecular formula is C37H43N3O5S2. The second kappa shape index (κ2) is 17.0. The van der Waals surface area contributed by atoms with Gasteiger partial charge in [-0.05, 0) is 86.2 Å². The number of nitrogens with one attached hydrogen (secondary N) is 1. The van der Waals surface area contributed by atoms with Gasteiger partial charge in [0.25, 0.3) is 10.0 Å². The summed E-state index contributed by atoms with van der Waals surface area (Å²) in [6.45, 7) is 5.82. The van der Waals surface area contributed by atoms with Gasteiger partial charge in [-0.1, -0.05) is 67.6 Å². The molecule has 47 heavy (non-hydrogen) atoms. The zero-order valence-electron chi connectivity index (χ0n) is 27.3. The van der Waals surface area contributed by atoms with Crippen LogP contribution < -0.4 is 14.4 Å². The van der Waals surface area contributed by atoms with E-state index < -0.39 is 28.5 Å². The van der Waals surface area contributed by atoms with Crippen molar-refractivity contribution in [3.8, 4) is 5.75 Å². The normalized spacial score (nSPS) is 12.5. The Balaban J connectivity index is 1.79. The lowest BCUT2D eigenvalue weighted by Gasteiger charge is -2.34. The van der Waals surface area contributed by atoms with Crippen molar-refractivity contribution in [2.75, 3.05) is 23.7 Å². The van der Waals surface area contributed by atoms with Crippen molar-refractivity contribution in [3.63, 3.8) is 0 Å². The van der Waals surface area contributed by atoms with Gasteiger partial charge in [-0.25, -0.2) is 8.42 Å². The molecule has 0 aliphatic carbocycles. The molecule has 2 amide bonds. The van der Waals surface area contributed by atoms with Gasteiger partial charge < -0.3 is 15.0 Å². The molecule has 2 atom stereocenters. The number of sulfonamides is 1. The fraction of sp³-hybridized carbons (Fsp3) is 0.297. The summed E-state index contributed by atoms with van der Waals surface area (Å²) < 4.78 is 35.3. The Bertz CT molecular complexity index is 1680. The van der Waals surface area contributed by atoms with Crippen molar-refractivity contribution in [1.82, 2.24) is 10.2 Å². The van der Waals surface area contributed by atoms with Crippen molar-refractivity contribution in [2.24, 2.45) is 0 Å². The molecule has 0 heterocycles. The number of amides is 2. The molecule has 0 aliphatic rings. The van der Waals surface area contributed by atoms with E-state index in [1.165, 1.54) is 16.7 Å². The summed E-state index contributed by atoms with van der Waals surface area (Å²) in [5.41, 5.74) is 2.00. The molecule has 10 heteroatoms. The number of carbonyl (C=O) groups is 2. The number of carbonyl (C=O) groups excluding carboxylic acids is 2. The van der Waals surface area contributed by atoms with Crippen molar-refractivity contribution in [2.45, 2.75) is 62.0 Å². The van der Waals surface area contributed by atoms with E-state index in [-0.39, 0.29) is 29.8 Å². The Morgan fingerprint density at radius 2 is 1.43 bits per heavy atom. The predicted octanol–water partition coefficient (Wildman–Crippen LogP) is 6.56. The number of benzene rings is 4. The van der Waals surface area contributed by atoms with Gasteiger partial charge >= 0.3 is 0 Å². The summed E-state index contributed by atoms with van der Waals surface area (Å²) in [6.07, 6.45) is 2.89. The topological polar surface area (TPSA) is 96.0 Å². The number of hydrogen-bond acceptors (Lipinski definition) is 6. The van der Waals surface area contributed by atoms with Crippen molar-refractivity contribution < 1.29 is 22.7 Å². The number of nitrogens with zero attached hydrogens (tertiary/aromatic N) is 2. The summed E-state index contributed by atoms with van der Waals surface area (Å²) in [6, 6.07) is 31.1. The molecule has 0 saturated carbocycles.